The van der Waals surface area contributed by atoms with Gasteiger partial charge in [-0.25, -0.2) is 4.98 Å². The number of rotatable bonds is 7. The molecule has 0 aliphatic carbocycles. The first-order chi connectivity index (χ1) is 15.7. The predicted octanol–water partition coefficient (Wildman–Crippen LogP) is 3.57. The Kier molecular flexibility index (Phi) is 7.56. The van der Waals surface area contributed by atoms with Crippen LogP contribution in [0.25, 0.3) is 0 Å². The van der Waals surface area contributed by atoms with Gasteiger partial charge in [0.2, 0.25) is 0 Å². The maximum Gasteiger partial charge on any atom is 0.191 e. The van der Waals surface area contributed by atoms with Crippen molar-refractivity contribution in [2.45, 2.75) is 45.4 Å². The van der Waals surface area contributed by atoms with Crippen LogP contribution in [0.4, 0.5) is 0 Å². The molecule has 2 aromatic carbocycles. The second-order valence-corrected chi connectivity index (χ2v) is 8.57. The first-order valence-electron chi connectivity index (χ1n) is 11.5. The van der Waals surface area contributed by atoms with Gasteiger partial charge in [-0.05, 0) is 30.9 Å². The summed E-state index contributed by atoms with van der Waals surface area (Å²) >= 11 is 0. The first-order valence-corrected chi connectivity index (χ1v) is 11.5. The van der Waals surface area contributed by atoms with E-state index in [2.05, 4.69) is 85.5 Å². The van der Waals surface area contributed by atoms with E-state index in [0.29, 0.717) is 12.6 Å². The van der Waals surface area contributed by atoms with Crippen LogP contribution >= 0.6 is 0 Å². The summed E-state index contributed by atoms with van der Waals surface area (Å²) in [5, 5.41) is 7.05. The van der Waals surface area contributed by atoms with Crippen molar-refractivity contribution in [3.63, 3.8) is 0 Å². The fraction of sp³-hybridized carbons (Fsp3) is 0.385. The van der Waals surface area contributed by atoms with Crippen molar-refractivity contribution in [3.05, 3.63) is 89.5 Å². The maximum absolute atomic E-state index is 4.53. The largest absolute Gasteiger partial charge is 0.354 e. The number of aryl methyl sites for hydroxylation is 1. The van der Waals surface area contributed by atoms with E-state index in [1.165, 1.54) is 16.7 Å². The lowest BCUT2D eigenvalue weighted by Gasteiger charge is -2.33. The summed E-state index contributed by atoms with van der Waals surface area (Å²) in [6.45, 7) is 6.86. The summed E-state index contributed by atoms with van der Waals surface area (Å²) in [6.07, 6.45) is 6.13. The van der Waals surface area contributed by atoms with Crippen LogP contribution in [-0.2, 0) is 19.6 Å². The Morgan fingerprint density at radius 1 is 1.03 bits per heavy atom. The zero-order chi connectivity index (χ0) is 22.2. The fourth-order valence-electron chi connectivity index (χ4n) is 4.29. The molecule has 4 rings (SSSR count). The molecule has 6 heteroatoms. The van der Waals surface area contributed by atoms with E-state index < -0.39 is 0 Å². The Bertz CT molecular complexity index is 1000. The van der Waals surface area contributed by atoms with Crippen LogP contribution < -0.4 is 10.6 Å². The molecule has 1 saturated heterocycles. The molecule has 1 fully saturated rings. The molecule has 0 saturated carbocycles. The van der Waals surface area contributed by atoms with Gasteiger partial charge in [-0.15, -0.1) is 0 Å². The average molecular weight is 431 g/mol. The van der Waals surface area contributed by atoms with E-state index in [4.69, 9.17) is 0 Å². The molecule has 32 heavy (non-hydrogen) atoms. The highest BCUT2D eigenvalue weighted by Crippen LogP contribution is 2.15. The van der Waals surface area contributed by atoms with Crippen LogP contribution in [0.1, 0.15) is 35.4 Å². The van der Waals surface area contributed by atoms with E-state index in [-0.39, 0.29) is 0 Å². The monoisotopic (exact) mass is 430 g/mol. The number of piperidine rings is 1. The molecular weight excluding hydrogens is 396 g/mol. The number of benzene rings is 2. The average Bonchev–Trinajstić information content (AvgIpc) is 3.25. The Balaban J connectivity index is 1.23. The fourth-order valence-corrected chi connectivity index (χ4v) is 4.29. The van der Waals surface area contributed by atoms with Gasteiger partial charge in [0.1, 0.15) is 5.82 Å². The van der Waals surface area contributed by atoms with Crippen LogP contribution in [-0.4, -0.2) is 46.6 Å². The van der Waals surface area contributed by atoms with E-state index in [1.54, 1.807) is 0 Å². The highest BCUT2D eigenvalue weighted by Gasteiger charge is 2.20. The zero-order valence-corrected chi connectivity index (χ0v) is 19.2. The van der Waals surface area contributed by atoms with E-state index in [0.717, 1.165) is 50.8 Å². The van der Waals surface area contributed by atoms with Gasteiger partial charge in [0.15, 0.2) is 5.96 Å². The third-order valence-corrected chi connectivity index (χ3v) is 6.05. The van der Waals surface area contributed by atoms with Gasteiger partial charge in [0.05, 0.1) is 6.54 Å². The highest BCUT2D eigenvalue weighted by molar-refractivity contribution is 5.79. The molecule has 3 aromatic rings. The van der Waals surface area contributed by atoms with Gasteiger partial charge < -0.3 is 15.2 Å². The molecule has 2 heterocycles. The number of aromatic nitrogens is 2. The molecule has 6 nitrogen and oxygen atoms in total. The van der Waals surface area contributed by atoms with Gasteiger partial charge in [0, 0.05) is 51.7 Å². The Labute approximate surface area is 191 Å². The SMILES string of the molecule is CN=C(NCc1nccn1Cc1ccccc1)NC1CCN(Cc2cccc(C)c2)CC1. The van der Waals surface area contributed by atoms with Crippen molar-refractivity contribution in [2.24, 2.45) is 4.99 Å². The topological polar surface area (TPSA) is 57.5 Å². The van der Waals surface area contributed by atoms with Gasteiger partial charge in [-0.2, -0.15) is 0 Å². The standard InChI is InChI=1S/C26H34N6/c1-21-7-6-10-23(17-21)19-31-14-11-24(12-15-31)30-26(27-2)29-18-25-28-13-16-32(25)20-22-8-4-3-5-9-22/h3-10,13,16-17,24H,11-12,14-15,18-20H2,1-2H3,(H2,27,29,30). The smallest absolute Gasteiger partial charge is 0.191 e. The number of imidazole rings is 1. The van der Waals surface area contributed by atoms with Crippen LogP contribution in [0, 0.1) is 6.92 Å². The van der Waals surface area contributed by atoms with Crippen molar-refractivity contribution in [1.29, 1.82) is 0 Å². The third-order valence-electron chi connectivity index (χ3n) is 6.05. The van der Waals surface area contributed by atoms with Gasteiger partial charge in [-0.1, -0.05) is 60.2 Å². The molecule has 2 N–H and O–H groups in total. The number of hydrogen-bond acceptors (Lipinski definition) is 3. The Hall–Kier alpha value is -3.12. The number of hydrogen-bond donors (Lipinski definition) is 2. The Morgan fingerprint density at radius 2 is 1.81 bits per heavy atom. The number of likely N-dealkylation sites (tertiary alicyclic amines) is 1. The summed E-state index contributed by atoms with van der Waals surface area (Å²) in [7, 11) is 1.83. The second-order valence-electron chi connectivity index (χ2n) is 8.57. The van der Waals surface area contributed by atoms with Crippen LogP contribution in [0.3, 0.4) is 0 Å². The van der Waals surface area contributed by atoms with Gasteiger partial charge >= 0.3 is 0 Å². The molecule has 0 bridgehead atoms. The lowest BCUT2D eigenvalue weighted by atomic mass is 10.0. The molecule has 1 aliphatic rings. The van der Waals surface area contributed by atoms with Crippen molar-refractivity contribution in [3.8, 4) is 0 Å². The molecular formula is C26H34N6. The zero-order valence-electron chi connectivity index (χ0n) is 19.2. The summed E-state index contributed by atoms with van der Waals surface area (Å²) in [6, 6.07) is 19.7. The molecule has 0 radical (unpaired) electrons. The number of nitrogens with zero attached hydrogens (tertiary/aromatic N) is 4. The summed E-state index contributed by atoms with van der Waals surface area (Å²) in [4.78, 5) is 11.5. The molecule has 0 amide bonds. The number of aliphatic imine (C=N–C) groups is 1. The summed E-state index contributed by atoms with van der Waals surface area (Å²) in [5.74, 6) is 1.85. The van der Waals surface area contributed by atoms with E-state index in [1.807, 2.05) is 25.5 Å². The maximum atomic E-state index is 4.53. The van der Waals surface area contributed by atoms with E-state index >= 15 is 0 Å². The normalized spacial score (nSPS) is 15.6. The third kappa shape index (κ3) is 6.20. The molecule has 1 aromatic heterocycles. The minimum atomic E-state index is 0.444. The second kappa shape index (κ2) is 11.0. The number of nitrogens with one attached hydrogen (secondary N) is 2. The van der Waals surface area contributed by atoms with Crippen molar-refractivity contribution < 1.29 is 0 Å². The summed E-state index contributed by atoms with van der Waals surface area (Å²) < 4.78 is 2.18. The molecule has 168 valence electrons. The minimum Gasteiger partial charge on any atom is -0.354 e. The van der Waals surface area contributed by atoms with Gasteiger partial charge in [0.25, 0.3) is 0 Å². The van der Waals surface area contributed by atoms with Crippen LogP contribution in [0.15, 0.2) is 72.0 Å². The highest BCUT2D eigenvalue weighted by atomic mass is 15.2. The number of guanidine groups is 1. The predicted molar refractivity (Wildman–Crippen MR) is 131 cm³/mol. The Morgan fingerprint density at radius 3 is 2.56 bits per heavy atom. The first kappa shape index (κ1) is 22.1. The quantitative estimate of drug-likeness (QED) is 0.444. The van der Waals surface area contributed by atoms with Crippen LogP contribution in [0.5, 0.6) is 0 Å². The molecule has 0 spiro atoms. The van der Waals surface area contributed by atoms with E-state index in [9.17, 15) is 0 Å². The van der Waals surface area contributed by atoms with Crippen molar-refractivity contribution in [2.75, 3.05) is 20.1 Å². The molecule has 1 aliphatic heterocycles. The van der Waals surface area contributed by atoms with Gasteiger partial charge in [-0.3, -0.25) is 9.89 Å². The lowest BCUT2D eigenvalue weighted by molar-refractivity contribution is 0.198. The minimum absolute atomic E-state index is 0.444. The molecule has 0 atom stereocenters. The lowest BCUT2D eigenvalue weighted by Crippen LogP contribution is -2.48. The summed E-state index contributed by atoms with van der Waals surface area (Å²) in [5.41, 5.74) is 4.00. The molecule has 0 unspecified atom stereocenters. The van der Waals surface area contributed by atoms with Crippen molar-refractivity contribution in [1.82, 2.24) is 25.1 Å². The van der Waals surface area contributed by atoms with Crippen LogP contribution in [0.2, 0.25) is 0 Å². The van der Waals surface area contributed by atoms with Crippen molar-refractivity contribution >= 4 is 5.96 Å².